The van der Waals surface area contributed by atoms with E-state index in [1.165, 1.54) is 6.08 Å². The molecule has 2 amide bonds. The SMILES string of the molecule is O=C1C=c2ccc(NC(=O)c3ccncc3)cc2=N1. The lowest BCUT2D eigenvalue weighted by atomic mass is 10.2. The summed E-state index contributed by atoms with van der Waals surface area (Å²) in [5.41, 5.74) is 1.13. The molecule has 3 rings (SSSR count). The van der Waals surface area contributed by atoms with E-state index in [-0.39, 0.29) is 11.8 Å². The summed E-state index contributed by atoms with van der Waals surface area (Å²) in [5.74, 6) is -0.497. The number of benzene rings is 1. The van der Waals surface area contributed by atoms with Crippen LogP contribution in [0.3, 0.4) is 0 Å². The molecule has 5 heteroatoms. The van der Waals surface area contributed by atoms with Crippen LogP contribution in [0.15, 0.2) is 47.7 Å². The molecule has 1 N–H and O–H groups in total. The largest absolute Gasteiger partial charge is 0.322 e. The summed E-state index contributed by atoms with van der Waals surface area (Å²) in [5, 5.41) is 4.10. The second-order valence-corrected chi connectivity index (χ2v) is 4.06. The van der Waals surface area contributed by atoms with Crippen molar-refractivity contribution in [3.63, 3.8) is 0 Å². The Labute approximate surface area is 108 Å². The van der Waals surface area contributed by atoms with Crippen LogP contribution < -0.4 is 15.9 Å². The molecule has 1 aromatic carbocycles. The van der Waals surface area contributed by atoms with Crippen molar-refractivity contribution in [3.8, 4) is 0 Å². The molecule has 0 aliphatic carbocycles. The highest BCUT2D eigenvalue weighted by Gasteiger charge is 2.07. The van der Waals surface area contributed by atoms with Gasteiger partial charge in [-0.2, -0.15) is 0 Å². The Kier molecular flexibility index (Phi) is 2.64. The summed E-state index contributed by atoms with van der Waals surface area (Å²) in [4.78, 5) is 30.8. The first kappa shape index (κ1) is 11.3. The van der Waals surface area contributed by atoms with Gasteiger partial charge in [-0.25, -0.2) is 4.99 Å². The smallest absolute Gasteiger partial charge is 0.270 e. The third-order valence-corrected chi connectivity index (χ3v) is 2.74. The minimum Gasteiger partial charge on any atom is -0.322 e. The van der Waals surface area contributed by atoms with Gasteiger partial charge in [0.2, 0.25) is 0 Å². The van der Waals surface area contributed by atoms with E-state index >= 15 is 0 Å². The van der Waals surface area contributed by atoms with Gasteiger partial charge in [0.25, 0.3) is 11.8 Å². The topological polar surface area (TPSA) is 71.4 Å². The highest BCUT2D eigenvalue weighted by atomic mass is 16.2. The van der Waals surface area contributed by atoms with Crippen LogP contribution in [0.25, 0.3) is 6.08 Å². The first-order valence-corrected chi connectivity index (χ1v) is 5.68. The second kappa shape index (κ2) is 4.45. The van der Waals surface area contributed by atoms with E-state index in [2.05, 4.69) is 15.3 Å². The van der Waals surface area contributed by atoms with Gasteiger partial charge in [0.1, 0.15) is 0 Å². The number of pyridine rings is 1. The van der Waals surface area contributed by atoms with E-state index in [0.29, 0.717) is 16.6 Å². The second-order valence-electron chi connectivity index (χ2n) is 4.06. The highest BCUT2D eigenvalue weighted by molar-refractivity contribution is 6.07. The van der Waals surface area contributed by atoms with E-state index in [0.717, 1.165) is 5.22 Å². The van der Waals surface area contributed by atoms with Crippen molar-refractivity contribution in [1.29, 1.82) is 0 Å². The lowest BCUT2D eigenvalue weighted by Crippen LogP contribution is -2.22. The van der Waals surface area contributed by atoms with Gasteiger partial charge in [0, 0.05) is 34.9 Å². The van der Waals surface area contributed by atoms with Crippen molar-refractivity contribution in [3.05, 3.63) is 58.9 Å². The van der Waals surface area contributed by atoms with Gasteiger partial charge in [0.05, 0.1) is 5.36 Å². The maximum atomic E-state index is 11.9. The van der Waals surface area contributed by atoms with Crippen LogP contribution in [0.2, 0.25) is 0 Å². The van der Waals surface area contributed by atoms with Gasteiger partial charge in [-0.3, -0.25) is 14.6 Å². The summed E-state index contributed by atoms with van der Waals surface area (Å²) in [6, 6.07) is 8.43. The molecule has 2 aromatic rings. The quantitative estimate of drug-likeness (QED) is 0.833. The summed E-state index contributed by atoms with van der Waals surface area (Å²) in [6.45, 7) is 0. The summed E-state index contributed by atoms with van der Waals surface area (Å²) in [7, 11) is 0. The van der Waals surface area contributed by atoms with Crippen LogP contribution >= 0.6 is 0 Å². The molecule has 1 aromatic heterocycles. The molecular formula is C14H9N3O2. The molecular weight excluding hydrogens is 242 g/mol. The zero-order chi connectivity index (χ0) is 13.2. The maximum absolute atomic E-state index is 11.9. The Morgan fingerprint density at radius 1 is 1.11 bits per heavy atom. The Balaban J connectivity index is 1.89. The van der Waals surface area contributed by atoms with E-state index in [4.69, 9.17) is 0 Å². The number of anilines is 1. The number of fused-ring (bicyclic) bond motifs is 1. The lowest BCUT2D eigenvalue weighted by molar-refractivity contribution is -0.112. The molecule has 0 radical (unpaired) electrons. The van der Waals surface area contributed by atoms with Gasteiger partial charge in [0.15, 0.2) is 0 Å². The van der Waals surface area contributed by atoms with Crippen LogP contribution in [0, 0.1) is 0 Å². The molecule has 1 aliphatic rings. The molecule has 0 saturated heterocycles. The van der Waals surface area contributed by atoms with Crippen LogP contribution in [0.5, 0.6) is 0 Å². The number of hydrogen-bond acceptors (Lipinski definition) is 3. The number of nitrogens with one attached hydrogen (secondary N) is 1. The number of carbonyl (C=O) groups is 2. The van der Waals surface area contributed by atoms with Gasteiger partial charge < -0.3 is 5.32 Å². The monoisotopic (exact) mass is 251 g/mol. The fraction of sp³-hybridized carbons (Fsp3) is 0. The van der Waals surface area contributed by atoms with E-state index in [1.807, 2.05) is 0 Å². The highest BCUT2D eigenvalue weighted by Crippen LogP contribution is 2.05. The Hall–Kier alpha value is -2.82. The third kappa shape index (κ3) is 2.26. The zero-order valence-electron chi connectivity index (χ0n) is 9.83. The van der Waals surface area contributed by atoms with Crippen molar-refractivity contribution in [2.45, 2.75) is 0 Å². The molecule has 0 fully saturated rings. The summed E-state index contributed by atoms with van der Waals surface area (Å²) < 4.78 is 0. The van der Waals surface area contributed by atoms with Crippen molar-refractivity contribution < 1.29 is 9.59 Å². The average molecular weight is 251 g/mol. The zero-order valence-corrected chi connectivity index (χ0v) is 9.83. The average Bonchev–Trinajstić information content (AvgIpc) is 2.79. The fourth-order valence-electron chi connectivity index (χ4n) is 1.83. The summed E-state index contributed by atoms with van der Waals surface area (Å²) >= 11 is 0. The van der Waals surface area contributed by atoms with E-state index < -0.39 is 0 Å². The molecule has 0 unspecified atom stereocenters. The van der Waals surface area contributed by atoms with Crippen molar-refractivity contribution >= 4 is 23.6 Å². The number of carbonyl (C=O) groups excluding carboxylic acids is 2. The summed E-state index contributed by atoms with van der Waals surface area (Å²) in [6.07, 6.45) is 4.57. The van der Waals surface area contributed by atoms with Gasteiger partial charge in [-0.1, -0.05) is 6.07 Å². The predicted molar refractivity (Wildman–Crippen MR) is 68.9 cm³/mol. The number of hydrogen-bond donors (Lipinski definition) is 1. The molecule has 92 valence electrons. The third-order valence-electron chi connectivity index (χ3n) is 2.74. The van der Waals surface area contributed by atoms with Crippen LogP contribution in [0.1, 0.15) is 10.4 Å². The van der Waals surface area contributed by atoms with Gasteiger partial charge in [-0.15, -0.1) is 0 Å². The number of amides is 2. The molecule has 19 heavy (non-hydrogen) atoms. The molecule has 2 heterocycles. The predicted octanol–water partition coefficient (Wildman–Crippen LogP) is 0.274. The normalized spacial score (nSPS) is 12.3. The first-order valence-electron chi connectivity index (χ1n) is 5.68. The van der Waals surface area contributed by atoms with Crippen LogP contribution in [-0.4, -0.2) is 16.8 Å². The van der Waals surface area contributed by atoms with Crippen molar-refractivity contribution in [1.82, 2.24) is 4.98 Å². The van der Waals surface area contributed by atoms with Gasteiger partial charge in [-0.05, 0) is 24.3 Å². The molecule has 5 nitrogen and oxygen atoms in total. The lowest BCUT2D eigenvalue weighted by Gasteiger charge is -2.04. The molecule has 1 aliphatic heterocycles. The van der Waals surface area contributed by atoms with Crippen LogP contribution in [0.4, 0.5) is 5.69 Å². The van der Waals surface area contributed by atoms with Crippen molar-refractivity contribution in [2.75, 3.05) is 5.32 Å². The van der Waals surface area contributed by atoms with Crippen LogP contribution in [-0.2, 0) is 4.79 Å². The van der Waals surface area contributed by atoms with Gasteiger partial charge >= 0.3 is 0 Å². The van der Waals surface area contributed by atoms with E-state index in [1.54, 1.807) is 42.7 Å². The maximum Gasteiger partial charge on any atom is 0.270 e. The standard InChI is InChI=1S/C14H9N3O2/c18-13-7-10-1-2-11(8-12(10)17-13)16-14(19)9-3-5-15-6-4-9/h1-8H,(H,16,19). The Morgan fingerprint density at radius 2 is 1.89 bits per heavy atom. The molecule has 0 saturated carbocycles. The first-order chi connectivity index (χ1) is 9.22. The Morgan fingerprint density at radius 3 is 2.68 bits per heavy atom. The van der Waals surface area contributed by atoms with Crippen molar-refractivity contribution in [2.24, 2.45) is 4.99 Å². The molecule has 0 bridgehead atoms. The van der Waals surface area contributed by atoms with E-state index in [9.17, 15) is 9.59 Å². The number of rotatable bonds is 2. The molecule has 0 spiro atoms. The fourth-order valence-corrected chi connectivity index (χ4v) is 1.83. The molecule has 0 atom stereocenters. The minimum absolute atomic E-state index is 0.226. The number of nitrogens with zero attached hydrogens (tertiary/aromatic N) is 2. The number of aromatic nitrogens is 1. The minimum atomic E-state index is -0.271. The Bertz CT molecular complexity index is 782.